The normalized spacial score (nSPS) is 17.2. The third kappa shape index (κ3) is 5.26. The number of benzene rings is 1. The fourth-order valence-electron chi connectivity index (χ4n) is 2.94. The first-order valence-corrected chi connectivity index (χ1v) is 9.13. The number of hydrogen-bond acceptors (Lipinski definition) is 4. The molecule has 1 saturated heterocycles. The lowest BCUT2D eigenvalue weighted by Gasteiger charge is -2.20. The van der Waals surface area contributed by atoms with Crippen LogP contribution in [0.25, 0.3) is 0 Å². The molecule has 1 aromatic heterocycles. The fraction of sp³-hybridized carbons (Fsp3) is 0.368. The maximum atomic E-state index is 6.09. The first-order valence-electron chi connectivity index (χ1n) is 8.75. The Hall–Kier alpha value is -2.47. The summed E-state index contributed by atoms with van der Waals surface area (Å²) < 4.78 is 5.63. The summed E-state index contributed by atoms with van der Waals surface area (Å²) in [5, 5.41) is 7.53. The molecule has 1 fully saturated rings. The number of ether oxygens (including phenoxy) is 1. The van der Waals surface area contributed by atoms with Crippen LogP contribution >= 0.6 is 11.6 Å². The van der Waals surface area contributed by atoms with E-state index in [1.165, 1.54) is 0 Å². The monoisotopic (exact) mass is 373 g/mol. The van der Waals surface area contributed by atoms with Crippen molar-refractivity contribution in [3.63, 3.8) is 0 Å². The van der Waals surface area contributed by atoms with Crippen LogP contribution < -0.4 is 20.3 Å². The predicted molar refractivity (Wildman–Crippen MR) is 106 cm³/mol. The number of pyridine rings is 1. The van der Waals surface area contributed by atoms with Gasteiger partial charge in [0.2, 0.25) is 0 Å². The van der Waals surface area contributed by atoms with E-state index in [4.69, 9.17) is 16.3 Å². The van der Waals surface area contributed by atoms with Gasteiger partial charge in [-0.3, -0.25) is 9.98 Å². The van der Waals surface area contributed by atoms with Crippen LogP contribution in [0, 0.1) is 0 Å². The number of anilines is 1. The van der Waals surface area contributed by atoms with Crippen molar-refractivity contribution in [2.24, 2.45) is 4.99 Å². The van der Waals surface area contributed by atoms with Gasteiger partial charge < -0.3 is 20.3 Å². The summed E-state index contributed by atoms with van der Waals surface area (Å²) in [7, 11) is 1.78. The average molecular weight is 374 g/mol. The van der Waals surface area contributed by atoms with E-state index in [2.05, 4.69) is 31.6 Å². The molecule has 26 heavy (non-hydrogen) atoms. The van der Waals surface area contributed by atoms with E-state index in [0.29, 0.717) is 19.2 Å². The molecule has 1 aliphatic heterocycles. The Morgan fingerprint density at radius 3 is 3.08 bits per heavy atom. The Balaban J connectivity index is 1.41. The van der Waals surface area contributed by atoms with Crippen LogP contribution in [-0.4, -0.2) is 50.3 Å². The third-order valence-electron chi connectivity index (χ3n) is 4.22. The summed E-state index contributed by atoms with van der Waals surface area (Å²) in [6, 6.07) is 12.1. The molecule has 1 aromatic carbocycles. The van der Waals surface area contributed by atoms with Crippen LogP contribution in [-0.2, 0) is 0 Å². The molecule has 7 heteroatoms. The zero-order valence-corrected chi connectivity index (χ0v) is 15.6. The van der Waals surface area contributed by atoms with Gasteiger partial charge in [0.1, 0.15) is 12.4 Å². The van der Waals surface area contributed by atoms with E-state index >= 15 is 0 Å². The van der Waals surface area contributed by atoms with Gasteiger partial charge in [-0.05, 0) is 36.8 Å². The maximum Gasteiger partial charge on any atom is 0.191 e. The van der Waals surface area contributed by atoms with Crippen LogP contribution in [0.3, 0.4) is 0 Å². The number of aliphatic imine (C=N–C) groups is 1. The zero-order valence-electron chi connectivity index (χ0n) is 14.9. The molecule has 3 rings (SSSR count). The molecule has 1 aliphatic rings. The van der Waals surface area contributed by atoms with Gasteiger partial charge >= 0.3 is 0 Å². The lowest BCUT2D eigenvalue weighted by Crippen LogP contribution is -2.45. The minimum absolute atomic E-state index is 0.347. The molecule has 0 radical (unpaired) electrons. The zero-order chi connectivity index (χ0) is 18.2. The highest BCUT2D eigenvalue weighted by Crippen LogP contribution is 2.23. The molecule has 2 heterocycles. The summed E-state index contributed by atoms with van der Waals surface area (Å²) in [4.78, 5) is 10.7. The number of guanidine groups is 1. The first-order chi connectivity index (χ1) is 12.7. The first kappa shape index (κ1) is 18.3. The lowest BCUT2D eigenvalue weighted by atomic mass is 10.3. The summed E-state index contributed by atoms with van der Waals surface area (Å²) in [5.41, 5.74) is 1.16. The fourth-order valence-corrected chi connectivity index (χ4v) is 3.13. The summed E-state index contributed by atoms with van der Waals surface area (Å²) >= 11 is 6.09. The second-order valence-corrected chi connectivity index (χ2v) is 6.53. The van der Waals surface area contributed by atoms with Crippen molar-refractivity contribution in [2.75, 3.05) is 38.2 Å². The maximum absolute atomic E-state index is 6.09. The van der Waals surface area contributed by atoms with Crippen molar-refractivity contribution in [3.8, 4) is 5.75 Å². The number of nitrogens with zero attached hydrogens (tertiary/aromatic N) is 3. The second kappa shape index (κ2) is 9.29. The Labute approximate surface area is 159 Å². The molecule has 0 aliphatic carbocycles. The number of halogens is 1. The molecule has 1 unspecified atom stereocenters. The van der Waals surface area contributed by atoms with E-state index < -0.39 is 0 Å². The standard InChI is InChI=1S/C19H24ClN5O/c1-21-19(23-9-11-26-18-6-3-8-22-13-18)24-16-7-10-25(14-16)17-5-2-4-15(20)12-17/h2-6,8,12-13,16H,7,9-11,14H2,1H3,(H2,21,23,24). The average Bonchev–Trinajstić information content (AvgIpc) is 3.13. The van der Waals surface area contributed by atoms with Gasteiger partial charge in [-0.25, -0.2) is 0 Å². The Bertz CT molecular complexity index is 725. The van der Waals surface area contributed by atoms with Gasteiger partial charge in [0.25, 0.3) is 0 Å². The molecule has 2 N–H and O–H groups in total. The highest BCUT2D eigenvalue weighted by atomic mass is 35.5. The van der Waals surface area contributed by atoms with Gasteiger partial charge in [-0.15, -0.1) is 0 Å². The van der Waals surface area contributed by atoms with Crippen LogP contribution in [0.15, 0.2) is 53.8 Å². The second-order valence-electron chi connectivity index (χ2n) is 6.09. The van der Waals surface area contributed by atoms with E-state index in [9.17, 15) is 0 Å². The highest BCUT2D eigenvalue weighted by molar-refractivity contribution is 6.30. The SMILES string of the molecule is CN=C(NCCOc1cccnc1)NC1CCN(c2cccc(Cl)c2)C1. The predicted octanol–water partition coefficient (Wildman–Crippen LogP) is 2.56. The van der Waals surface area contributed by atoms with Gasteiger partial charge in [-0.2, -0.15) is 0 Å². The Morgan fingerprint density at radius 1 is 1.38 bits per heavy atom. The molecule has 0 spiro atoms. The van der Waals surface area contributed by atoms with Gasteiger partial charge in [-0.1, -0.05) is 17.7 Å². The van der Waals surface area contributed by atoms with Crippen molar-refractivity contribution in [3.05, 3.63) is 53.8 Å². The van der Waals surface area contributed by atoms with Crippen molar-refractivity contribution in [2.45, 2.75) is 12.5 Å². The van der Waals surface area contributed by atoms with E-state index in [-0.39, 0.29) is 0 Å². The van der Waals surface area contributed by atoms with Crippen molar-refractivity contribution in [1.82, 2.24) is 15.6 Å². The van der Waals surface area contributed by atoms with Gasteiger partial charge in [0, 0.05) is 43.1 Å². The Kier molecular flexibility index (Phi) is 6.55. The van der Waals surface area contributed by atoms with E-state index in [1.807, 2.05) is 30.3 Å². The van der Waals surface area contributed by atoms with Crippen LogP contribution in [0.5, 0.6) is 5.75 Å². The van der Waals surface area contributed by atoms with E-state index in [1.54, 1.807) is 19.4 Å². The molecule has 0 bridgehead atoms. The lowest BCUT2D eigenvalue weighted by molar-refractivity contribution is 0.320. The van der Waals surface area contributed by atoms with E-state index in [0.717, 1.165) is 41.9 Å². The number of nitrogens with one attached hydrogen (secondary N) is 2. The minimum Gasteiger partial charge on any atom is -0.490 e. The van der Waals surface area contributed by atoms with Crippen LogP contribution in [0.4, 0.5) is 5.69 Å². The van der Waals surface area contributed by atoms with Crippen molar-refractivity contribution < 1.29 is 4.74 Å². The summed E-state index contributed by atoms with van der Waals surface area (Å²) in [6.07, 6.45) is 4.49. The molecule has 2 aromatic rings. The largest absolute Gasteiger partial charge is 0.490 e. The quantitative estimate of drug-likeness (QED) is 0.463. The topological polar surface area (TPSA) is 61.8 Å². The number of aromatic nitrogens is 1. The molecule has 138 valence electrons. The van der Waals surface area contributed by atoms with Gasteiger partial charge in [0.15, 0.2) is 5.96 Å². The molecule has 0 amide bonds. The van der Waals surface area contributed by atoms with Crippen molar-refractivity contribution in [1.29, 1.82) is 0 Å². The minimum atomic E-state index is 0.347. The van der Waals surface area contributed by atoms with Crippen molar-refractivity contribution >= 4 is 23.2 Å². The molecular formula is C19H24ClN5O. The smallest absolute Gasteiger partial charge is 0.191 e. The summed E-state index contributed by atoms with van der Waals surface area (Å²) in [5.74, 6) is 1.56. The third-order valence-corrected chi connectivity index (χ3v) is 4.46. The highest BCUT2D eigenvalue weighted by Gasteiger charge is 2.23. The molecule has 1 atom stereocenters. The van der Waals surface area contributed by atoms with Crippen LogP contribution in [0.2, 0.25) is 5.02 Å². The number of hydrogen-bond donors (Lipinski definition) is 2. The Morgan fingerprint density at radius 2 is 2.31 bits per heavy atom. The number of rotatable bonds is 6. The molecule has 0 saturated carbocycles. The van der Waals surface area contributed by atoms with Crippen LogP contribution in [0.1, 0.15) is 6.42 Å². The van der Waals surface area contributed by atoms with Gasteiger partial charge in [0.05, 0.1) is 12.7 Å². The summed E-state index contributed by atoms with van der Waals surface area (Å²) in [6.45, 7) is 3.14. The molecular weight excluding hydrogens is 350 g/mol. The molecule has 6 nitrogen and oxygen atoms in total.